The fraction of sp³-hybridized carbons (Fsp3) is 0. The summed E-state index contributed by atoms with van der Waals surface area (Å²) in [5.41, 5.74) is 6.08. The van der Waals surface area contributed by atoms with Gasteiger partial charge in [-0.1, -0.05) is 0 Å². The van der Waals surface area contributed by atoms with Gasteiger partial charge in [-0.25, -0.2) is 9.07 Å². The number of hydroxylamine groups is 1. The van der Waals surface area contributed by atoms with Crippen LogP contribution in [0.15, 0.2) is 36.7 Å². The smallest absolute Gasteiger partial charge is 0.248 e. The molecular weight excluding hydrogens is 225 g/mol. The molecule has 4 N–H and O–H groups in total. The lowest BCUT2D eigenvalue weighted by atomic mass is 10.3. The lowest BCUT2D eigenvalue weighted by Gasteiger charge is -2.16. The maximum Gasteiger partial charge on any atom is 0.248 e. The summed E-state index contributed by atoms with van der Waals surface area (Å²) in [4.78, 5) is 0. The van der Waals surface area contributed by atoms with Crippen LogP contribution < -0.4 is 10.8 Å². The summed E-state index contributed by atoms with van der Waals surface area (Å²) in [6.45, 7) is 0. The third kappa shape index (κ3) is 2.23. The van der Waals surface area contributed by atoms with Gasteiger partial charge in [-0.2, -0.15) is 10.2 Å². The van der Waals surface area contributed by atoms with Gasteiger partial charge in [0.25, 0.3) is 0 Å². The number of halogens is 1. The van der Waals surface area contributed by atoms with E-state index in [1.165, 1.54) is 36.7 Å². The number of nitrogen functional groups attached to an aromatic ring is 1. The zero-order chi connectivity index (χ0) is 12.4. The Bertz CT molecular complexity index is 536. The quantitative estimate of drug-likeness (QED) is 0.394. The van der Waals surface area contributed by atoms with E-state index >= 15 is 0 Å². The Morgan fingerprint density at radius 2 is 2.06 bits per heavy atom. The van der Waals surface area contributed by atoms with Gasteiger partial charge in [0.2, 0.25) is 5.96 Å². The minimum Gasteiger partial charge on any atom is -0.396 e. The number of aromatic nitrogens is 2. The van der Waals surface area contributed by atoms with Gasteiger partial charge in [0.1, 0.15) is 5.82 Å². The van der Waals surface area contributed by atoms with Crippen LogP contribution in [0.1, 0.15) is 0 Å². The van der Waals surface area contributed by atoms with Crippen LogP contribution in [0.3, 0.4) is 0 Å². The average molecular weight is 235 g/mol. The Labute approximate surface area is 96.2 Å². The van der Waals surface area contributed by atoms with E-state index in [2.05, 4.69) is 5.10 Å². The molecule has 0 aliphatic rings. The van der Waals surface area contributed by atoms with Crippen LogP contribution in [0.2, 0.25) is 0 Å². The fourth-order valence-electron chi connectivity index (χ4n) is 1.25. The zero-order valence-electron chi connectivity index (χ0n) is 8.71. The summed E-state index contributed by atoms with van der Waals surface area (Å²) < 4.78 is 13.8. The lowest BCUT2D eigenvalue weighted by molar-refractivity contribution is 0.306. The van der Waals surface area contributed by atoms with E-state index in [9.17, 15) is 9.60 Å². The number of nitrogens with two attached hydrogens (primary N) is 1. The largest absolute Gasteiger partial charge is 0.396 e. The van der Waals surface area contributed by atoms with Crippen molar-refractivity contribution in [1.82, 2.24) is 9.78 Å². The van der Waals surface area contributed by atoms with Crippen molar-refractivity contribution in [3.05, 3.63) is 42.5 Å². The predicted octanol–water partition coefficient (Wildman–Crippen LogP) is 1.28. The van der Waals surface area contributed by atoms with Crippen LogP contribution in [0.5, 0.6) is 0 Å². The summed E-state index contributed by atoms with van der Waals surface area (Å²) >= 11 is 0. The molecule has 0 saturated carbocycles. The first-order valence-corrected chi connectivity index (χ1v) is 4.71. The van der Waals surface area contributed by atoms with Crippen molar-refractivity contribution < 1.29 is 9.60 Å². The molecule has 2 rings (SSSR count). The number of hydrogen-bond donors (Lipinski definition) is 3. The molecule has 88 valence electrons. The highest BCUT2D eigenvalue weighted by Crippen LogP contribution is 2.13. The molecule has 0 aliphatic heterocycles. The van der Waals surface area contributed by atoms with Gasteiger partial charge in [0, 0.05) is 0 Å². The first-order valence-electron chi connectivity index (χ1n) is 4.71. The monoisotopic (exact) mass is 235 g/mol. The van der Waals surface area contributed by atoms with E-state index in [0.29, 0.717) is 10.8 Å². The van der Waals surface area contributed by atoms with Gasteiger partial charge < -0.3 is 5.73 Å². The third-order valence-corrected chi connectivity index (χ3v) is 2.09. The average Bonchev–Trinajstić information content (AvgIpc) is 2.75. The van der Waals surface area contributed by atoms with Crippen LogP contribution >= 0.6 is 0 Å². The normalized spacial score (nSPS) is 10.2. The minimum absolute atomic E-state index is 0.255. The van der Waals surface area contributed by atoms with Crippen molar-refractivity contribution in [3.63, 3.8) is 0 Å². The van der Waals surface area contributed by atoms with Crippen molar-refractivity contribution in [2.75, 3.05) is 10.8 Å². The highest BCUT2D eigenvalue weighted by molar-refractivity contribution is 5.92. The van der Waals surface area contributed by atoms with Crippen molar-refractivity contribution in [1.29, 1.82) is 5.41 Å². The molecule has 0 bridgehead atoms. The lowest BCUT2D eigenvalue weighted by Crippen LogP contribution is -2.32. The van der Waals surface area contributed by atoms with Gasteiger partial charge in [-0.3, -0.25) is 10.6 Å². The third-order valence-electron chi connectivity index (χ3n) is 2.09. The van der Waals surface area contributed by atoms with Gasteiger partial charge in [0.15, 0.2) is 0 Å². The van der Waals surface area contributed by atoms with E-state index in [1.54, 1.807) is 0 Å². The Morgan fingerprint density at radius 3 is 2.59 bits per heavy atom. The number of rotatable bonds is 1. The molecule has 0 fully saturated rings. The standard InChI is InChI=1S/C10H10FN5O/c11-7-1-3-9(4-2-7)16(17)10(13)15-6-8(12)5-14-15/h1-6,13,17H,12H2. The first-order chi connectivity index (χ1) is 8.08. The molecule has 0 radical (unpaired) electrons. The van der Waals surface area contributed by atoms with Crippen molar-refractivity contribution in [2.45, 2.75) is 0 Å². The minimum atomic E-state index is -0.419. The molecule has 2 aromatic rings. The number of anilines is 2. The predicted molar refractivity (Wildman–Crippen MR) is 60.4 cm³/mol. The highest BCUT2D eigenvalue weighted by Gasteiger charge is 2.12. The van der Waals surface area contributed by atoms with E-state index in [4.69, 9.17) is 11.1 Å². The molecule has 0 amide bonds. The van der Waals surface area contributed by atoms with E-state index in [-0.39, 0.29) is 11.6 Å². The van der Waals surface area contributed by atoms with Crippen LogP contribution in [-0.2, 0) is 0 Å². The second kappa shape index (κ2) is 4.22. The second-order valence-corrected chi connectivity index (χ2v) is 3.33. The Kier molecular flexibility index (Phi) is 2.75. The van der Waals surface area contributed by atoms with Gasteiger partial charge >= 0.3 is 0 Å². The van der Waals surface area contributed by atoms with Crippen LogP contribution in [-0.4, -0.2) is 20.9 Å². The first kappa shape index (κ1) is 11.1. The molecule has 0 unspecified atom stereocenters. The van der Waals surface area contributed by atoms with Crippen LogP contribution in [0, 0.1) is 11.2 Å². The zero-order valence-corrected chi connectivity index (χ0v) is 8.71. The van der Waals surface area contributed by atoms with Gasteiger partial charge in [0.05, 0.1) is 23.8 Å². The second-order valence-electron chi connectivity index (χ2n) is 3.33. The number of benzene rings is 1. The fourth-order valence-corrected chi connectivity index (χ4v) is 1.25. The van der Waals surface area contributed by atoms with Crippen LogP contribution in [0.25, 0.3) is 0 Å². The molecule has 7 heteroatoms. The number of nitrogens with one attached hydrogen (secondary N) is 1. The summed E-state index contributed by atoms with van der Waals surface area (Å²) in [5, 5.41) is 21.7. The summed E-state index contributed by atoms with van der Waals surface area (Å²) in [7, 11) is 0. The van der Waals surface area contributed by atoms with E-state index in [0.717, 1.165) is 4.68 Å². The Morgan fingerprint density at radius 1 is 1.41 bits per heavy atom. The summed E-state index contributed by atoms with van der Waals surface area (Å²) in [6, 6.07) is 5.06. The highest BCUT2D eigenvalue weighted by atomic mass is 19.1. The molecule has 17 heavy (non-hydrogen) atoms. The van der Waals surface area contributed by atoms with Crippen LogP contribution in [0.4, 0.5) is 15.8 Å². The molecule has 1 aromatic carbocycles. The van der Waals surface area contributed by atoms with Gasteiger partial charge in [-0.05, 0) is 24.3 Å². The Hall–Kier alpha value is -2.41. The molecule has 0 aliphatic carbocycles. The molecule has 0 spiro atoms. The number of nitrogens with zero attached hydrogens (tertiary/aromatic N) is 3. The van der Waals surface area contributed by atoms with Crippen molar-refractivity contribution in [3.8, 4) is 0 Å². The molecule has 1 heterocycles. The molecular formula is C10H10FN5O. The summed E-state index contributed by atoms with van der Waals surface area (Å²) in [6.07, 6.45) is 2.74. The molecule has 1 aromatic heterocycles. The van der Waals surface area contributed by atoms with Gasteiger partial charge in [-0.15, -0.1) is 0 Å². The molecule has 0 saturated heterocycles. The number of hydrogen-bond acceptors (Lipinski definition) is 4. The molecule has 0 atom stereocenters. The van der Waals surface area contributed by atoms with E-state index < -0.39 is 5.82 Å². The van der Waals surface area contributed by atoms with Crippen molar-refractivity contribution in [2.24, 2.45) is 0 Å². The van der Waals surface area contributed by atoms with Crippen molar-refractivity contribution >= 4 is 17.3 Å². The molecule has 6 nitrogen and oxygen atoms in total. The maximum atomic E-state index is 12.7. The summed E-state index contributed by atoms with van der Waals surface area (Å²) in [5.74, 6) is -0.731. The topological polar surface area (TPSA) is 91.2 Å². The SMILES string of the molecule is N=C(N(O)c1ccc(F)cc1)n1cc(N)cn1. The maximum absolute atomic E-state index is 12.7. The Balaban J connectivity index is 2.23. The van der Waals surface area contributed by atoms with E-state index in [1.807, 2.05) is 0 Å².